The van der Waals surface area contributed by atoms with Gasteiger partial charge in [0.05, 0.1) is 10.7 Å². The maximum Gasteiger partial charge on any atom is 0.339 e. The second-order valence-corrected chi connectivity index (χ2v) is 4.29. The zero-order chi connectivity index (χ0) is 15.1. The Morgan fingerprint density at radius 2 is 1.90 bits per heavy atom. The molecule has 0 aliphatic rings. The number of aromatic carboxylic acids is 1. The van der Waals surface area contributed by atoms with Crippen molar-refractivity contribution in [3.8, 4) is 0 Å². The predicted molar refractivity (Wildman–Crippen MR) is 79.4 cm³/mol. The van der Waals surface area contributed by atoms with Crippen LogP contribution in [-0.2, 0) is 0 Å². The lowest BCUT2D eigenvalue weighted by Crippen LogP contribution is -2.35. The number of hydrogen-bond acceptors (Lipinski definition) is 2. The van der Waals surface area contributed by atoms with Crippen molar-refractivity contribution in [2.45, 2.75) is 0 Å². The molecule has 0 aliphatic carbocycles. The van der Waals surface area contributed by atoms with E-state index in [9.17, 15) is 9.59 Å². The molecule has 5 nitrogen and oxygen atoms in total. The zero-order valence-corrected chi connectivity index (χ0v) is 11.6. The van der Waals surface area contributed by atoms with Crippen molar-refractivity contribution in [2.75, 3.05) is 18.4 Å². The van der Waals surface area contributed by atoms with E-state index in [0.29, 0.717) is 13.1 Å². The molecule has 2 N–H and O–H groups in total. The van der Waals surface area contributed by atoms with Gasteiger partial charge >= 0.3 is 12.0 Å². The van der Waals surface area contributed by atoms with E-state index in [1.165, 1.54) is 17.0 Å². The van der Waals surface area contributed by atoms with Crippen LogP contribution in [0.25, 0.3) is 0 Å². The summed E-state index contributed by atoms with van der Waals surface area (Å²) in [6.45, 7) is 7.76. The van der Waals surface area contributed by atoms with E-state index in [1.54, 1.807) is 18.2 Å². The summed E-state index contributed by atoms with van der Waals surface area (Å²) in [6.07, 6.45) is 3.14. The molecule has 1 aromatic carbocycles. The summed E-state index contributed by atoms with van der Waals surface area (Å²) < 4.78 is 0. The number of anilines is 1. The summed E-state index contributed by atoms with van der Waals surface area (Å²) in [6, 6.07) is 4.05. The maximum atomic E-state index is 12.1. The lowest BCUT2D eigenvalue weighted by atomic mass is 10.2. The molecule has 0 heterocycles. The molecule has 0 spiro atoms. The quantitative estimate of drug-likeness (QED) is 0.791. The number of carboxylic acids is 1. The first kappa shape index (κ1) is 15.8. The summed E-state index contributed by atoms with van der Waals surface area (Å²) in [5.41, 5.74) is 0.00722. The number of urea groups is 1. The van der Waals surface area contributed by atoms with Gasteiger partial charge in [0.15, 0.2) is 0 Å². The van der Waals surface area contributed by atoms with Gasteiger partial charge in [0, 0.05) is 13.1 Å². The molecule has 6 heteroatoms. The highest BCUT2D eigenvalue weighted by atomic mass is 35.5. The van der Waals surface area contributed by atoms with Gasteiger partial charge in [-0.25, -0.2) is 9.59 Å². The fraction of sp³-hybridized carbons (Fsp3) is 0.143. The number of rotatable bonds is 6. The van der Waals surface area contributed by atoms with E-state index >= 15 is 0 Å². The average molecular weight is 295 g/mol. The Hall–Kier alpha value is -2.27. The standard InChI is InChI=1S/C14H15ClN2O3/c1-3-8-17(9-4-2)14(20)16-11-7-5-6-10(15)12(11)13(18)19/h3-7H,1-2,8-9H2,(H,16,20)(H,18,19). The molecular formula is C14H15ClN2O3. The van der Waals surface area contributed by atoms with Gasteiger partial charge in [-0.1, -0.05) is 29.8 Å². The van der Waals surface area contributed by atoms with Crippen LogP contribution in [0.2, 0.25) is 5.02 Å². The Labute approximate surface area is 122 Å². The zero-order valence-electron chi connectivity index (χ0n) is 10.8. The van der Waals surface area contributed by atoms with Crippen LogP contribution in [0.3, 0.4) is 0 Å². The lowest BCUT2D eigenvalue weighted by molar-refractivity contribution is 0.0698. The Kier molecular flexibility index (Phi) is 5.80. The Balaban J connectivity index is 3.00. The molecule has 0 fully saturated rings. The van der Waals surface area contributed by atoms with Gasteiger partial charge in [0.1, 0.15) is 5.56 Å². The molecular weight excluding hydrogens is 280 g/mol. The summed E-state index contributed by atoms with van der Waals surface area (Å²) in [5, 5.41) is 11.7. The number of benzene rings is 1. The van der Waals surface area contributed by atoms with Crippen molar-refractivity contribution in [2.24, 2.45) is 0 Å². The third kappa shape index (κ3) is 3.86. The third-order valence-corrected chi connectivity index (χ3v) is 2.77. The van der Waals surface area contributed by atoms with Crippen LogP contribution >= 0.6 is 11.6 Å². The van der Waals surface area contributed by atoms with Crippen molar-refractivity contribution in [1.82, 2.24) is 4.90 Å². The molecule has 0 unspecified atom stereocenters. The fourth-order valence-electron chi connectivity index (χ4n) is 1.59. The van der Waals surface area contributed by atoms with Crippen LogP contribution in [0.4, 0.5) is 10.5 Å². The molecule has 20 heavy (non-hydrogen) atoms. The largest absolute Gasteiger partial charge is 0.478 e. The summed E-state index contributed by atoms with van der Waals surface area (Å²) in [4.78, 5) is 24.6. The van der Waals surface area contributed by atoms with Gasteiger partial charge in [0.25, 0.3) is 0 Å². The molecule has 0 atom stereocenters. The number of carbonyl (C=O) groups excluding carboxylic acids is 1. The van der Waals surface area contributed by atoms with E-state index in [-0.39, 0.29) is 16.3 Å². The lowest BCUT2D eigenvalue weighted by Gasteiger charge is -2.20. The molecule has 1 aromatic rings. The first-order chi connectivity index (χ1) is 9.51. The Morgan fingerprint density at radius 1 is 1.30 bits per heavy atom. The molecule has 0 saturated heterocycles. The fourth-order valence-corrected chi connectivity index (χ4v) is 1.85. The van der Waals surface area contributed by atoms with Crippen molar-refractivity contribution in [1.29, 1.82) is 0 Å². The molecule has 2 amide bonds. The summed E-state index contributed by atoms with van der Waals surface area (Å²) in [5.74, 6) is -1.20. The SMILES string of the molecule is C=CCN(CC=C)C(=O)Nc1cccc(Cl)c1C(=O)O. The van der Waals surface area contributed by atoms with Gasteiger partial charge in [0.2, 0.25) is 0 Å². The minimum atomic E-state index is -1.20. The van der Waals surface area contributed by atoms with E-state index in [1.807, 2.05) is 0 Å². The molecule has 0 radical (unpaired) electrons. The van der Waals surface area contributed by atoms with Gasteiger partial charge in [-0.2, -0.15) is 0 Å². The van der Waals surface area contributed by atoms with Gasteiger partial charge < -0.3 is 15.3 Å². The number of nitrogens with zero attached hydrogens (tertiary/aromatic N) is 1. The van der Waals surface area contributed by atoms with Crippen LogP contribution in [0, 0.1) is 0 Å². The number of nitrogens with one attached hydrogen (secondary N) is 1. The first-order valence-electron chi connectivity index (χ1n) is 5.80. The number of carboxylic acid groups (broad SMARTS) is 1. The molecule has 0 aliphatic heterocycles. The Bertz CT molecular complexity index is 533. The predicted octanol–water partition coefficient (Wildman–Crippen LogP) is 3.24. The van der Waals surface area contributed by atoms with E-state index < -0.39 is 12.0 Å². The number of carbonyl (C=O) groups is 2. The summed E-state index contributed by atoms with van der Waals surface area (Å²) >= 11 is 5.83. The molecule has 1 rings (SSSR count). The third-order valence-electron chi connectivity index (χ3n) is 2.46. The number of amides is 2. The van der Waals surface area contributed by atoms with E-state index in [4.69, 9.17) is 16.7 Å². The van der Waals surface area contributed by atoms with E-state index in [2.05, 4.69) is 18.5 Å². The monoisotopic (exact) mass is 294 g/mol. The average Bonchev–Trinajstić information content (AvgIpc) is 2.38. The second kappa shape index (κ2) is 7.35. The maximum absolute atomic E-state index is 12.1. The minimum Gasteiger partial charge on any atom is -0.478 e. The van der Waals surface area contributed by atoms with Crippen molar-refractivity contribution < 1.29 is 14.7 Å². The smallest absolute Gasteiger partial charge is 0.339 e. The highest BCUT2D eigenvalue weighted by Crippen LogP contribution is 2.24. The van der Waals surface area contributed by atoms with Crippen LogP contribution < -0.4 is 5.32 Å². The molecule has 0 bridgehead atoms. The van der Waals surface area contributed by atoms with Crippen LogP contribution in [0.5, 0.6) is 0 Å². The summed E-state index contributed by atoms with van der Waals surface area (Å²) in [7, 11) is 0. The van der Waals surface area contributed by atoms with Crippen LogP contribution in [0.1, 0.15) is 10.4 Å². The molecule has 106 valence electrons. The topological polar surface area (TPSA) is 69.6 Å². The highest BCUT2D eigenvalue weighted by molar-refractivity contribution is 6.34. The van der Waals surface area contributed by atoms with Gasteiger partial charge in [-0.05, 0) is 12.1 Å². The second-order valence-electron chi connectivity index (χ2n) is 3.88. The van der Waals surface area contributed by atoms with Crippen molar-refractivity contribution >= 4 is 29.3 Å². The van der Waals surface area contributed by atoms with Crippen molar-refractivity contribution in [3.05, 3.63) is 54.1 Å². The Morgan fingerprint density at radius 3 is 2.40 bits per heavy atom. The minimum absolute atomic E-state index is 0.0642. The normalized spacial score (nSPS) is 9.65. The number of halogens is 1. The van der Waals surface area contributed by atoms with E-state index in [0.717, 1.165) is 0 Å². The van der Waals surface area contributed by atoms with Gasteiger partial charge in [-0.15, -0.1) is 13.2 Å². The number of hydrogen-bond donors (Lipinski definition) is 2. The van der Waals surface area contributed by atoms with Crippen molar-refractivity contribution in [3.63, 3.8) is 0 Å². The first-order valence-corrected chi connectivity index (χ1v) is 6.18. The molecule has 0 aromatic heterocycles. The highest BCUT2D eigenvalue weighted by Gasteiger charge is 2.18. The van der Waals surface area contributed by atoms with Crippen LogP contribution in [0.15, 0.2) is 43.5 Å². The molecule has 0 saturated carbocycles. The van der Waals surface area contributed by atoms with Crippen LogP contribution in [-0.4, -0.2) is 35.1 Å². The van der Waals surface area contributed by atoms with Gasteiger partial charge in [-0.3, -0.25) is 0 Å².